The van der Waals surface area contributed by atoms with Gasteiger partial charge in [0.2, 0.25) is 0 Å². The van der Waals surface area contributed by atoms with Gasteiger partial charge in [-0.2, -0.15) is 0 Å². The average molecular weight is 219 g/mol. The number of aromatic amines is 1. The van der Waals surface area contributed by atoms with Gasteiger partial charge in [0.1, 0.15) is 17.7 Å². The first kappa shape index (κ1) is 11.0. The molecule has 0 amide bonds. The van der Waals surface area contributed by atoms with E-state index in [0.717, 1.165) is 30.0 Å². The van der Waals surface area contributed by atoms with Crippen LogP contribution in [0, 0.1) is 0 Å². The van der Waals surface area contributed by atoms with Crippen molar-refractivity contribution in [3.63, 3.8) is 0 Å². The standard InChI is InChI=1S/C11H17N5/c1-11(2,3)14-5-4-9-15-8-6-12-7-13-10(8)16-9/h6-7,14H,4-5H2,1-3H3,(H,12,13,15,16). The number of hydrogen-bond acceptors (Lipinski definition) is 4. The van der Waals surface area contributed by atoms with Gasteiger partial charge in [-0.15, -0.1) is 0 Å². The van der Waals surface area contributed by atoms with Crippen LogP contribution in [0.4, 0.5) is 0 Å². The molecular weight excluding hydrogens is 202 g/mol. The van der Waals surface area contributed by atoms with Crippen molar-refractivity contribution >= 4 is 11.2 Å². The lowest BCUT2D eigenvalue weighted by Crippen LogP contribution is -2.37. The zero-order valence-electron chi connectivity index (χ0n) is 9.91. The zero-order valence-corrected chi connectivity index (χ0v) is 9.91. The number of rotatable bonds is 3. The van der Waals surface area contributed by atoms with Crippen LogP contribution < -0.4 is 5.32 Å². The molecule has 0 aliphatic carbocycles. The summed E-state index contributed by atoms with van der Waals surface area (Å²) < 4.78 is 0. The molecule has 2 aromatic rings. The van der Waals surface area contributed by atoms with Crippen LogP contribution in [0.25, 0.3) is 11.2 Å². The Morgan fingerprint density at radius 1 is 1.38 bits per heavy atom. The fourth-order valence-corrected chi connectivity index (χ4v) is 1.49. The van der Waals surface area contributed by atoms with Crippen LogP contribution in [0.1, 0.15) is 26.6 Å². The highest BCUT2D eigenvalue weighted by atomic mass is 15.0. The summed E-state index contributed by atoms with van der Waals surface area (Å²) in [5.74, 6) is 0.951. The molecule has 5 heteroatoms. The Bertz CT molecular complexity index is 435. The van der Waals surface area contributed by atoms with E-state index in [2.05, 4.69) is 46.0 Å². The Morgan fingerprint density at radius 2 is 2.19 bits per heavy atom. The second-order valence-corrected chi connectivity index (χ2v) is 4.87. The summed E-state index contributed by atoms with van der Waals surface area (Å²) in [6, 6.07) is 0. The second-order valence-electron chi connectivity index (χ2n) is 4.87. The number of hydrogen-bond donors (Lipinski definition) is 2. The first-order valence-electron chi connectivity index (χ1n) is 5.44. The van der Waals surface area contributed by atoms with Gasteiger partial charge in [-0.1, -0.05) is 0 Å². The smallest absolute Gasteiger partial charge is 0.180 e. The molecule has 5 nitrogen and oxygen atoms in total. The van der Waals surface area contributed by atoms with Crippen molar-refractivity contribution in [3.05, 3.63) is 18.3 Å². The number of imidazole rings is 1. The molecule has 0 bridgehead atoms. The molecule has 2 heterocycles. The number of nitrogens with one attached hydrogen (secondary N) is 2. The minimum Gasteiger partial charge on any atom is -0.339 e. The van der Waals surface area contributed by atoms with Crippen molar-refractivity contribution in [1.82, 2.24) is 25.3 Å². The molecular formula is C11H17N5. The van der Waals surface area contributed by atoms with Gasteiger partial charge in [0.25, 0.3) is 0 Å². The lowest BCUT2D eigenvalue weighted by molar-refractivity contribution is 0.428. The van der Waals surface area contributed by atoms with Crippen molar-refractivity contribution in [2.24, 2.45) is 0 Å². The van der Waals surface area contributed by atoms with Gasteiger partial charge in [0, 0.05) is 18.5 Å². The molecule has 0 fully saturated rings. The summed E-state index contributed by atoms with van der Waals surface area (Å²) in [6.07, 6.45) is 4.13. The lowest BCUT2D eigenvalue weighted by atomic mass is 10.1. The average Bonchev–Trinajstić information content (AvgIpc) is 2.57. The molecule has 0 atom stereocenters. The van der Waals surface area contributed by atoms with Crippen LogP contribution in [0.15, 0.2) is 12.5 Å². The summed E-state index contributed by atoms with van der Waals surface area (Å²) in [5.41, 5.74) is 1.78. The molecule has 0 saturated carbocycles. The van der Waals surface area contributed by atoms with E-state index in [1.165, 1.54) is 6.33 Å². The Labute approximate surface area is 94.7 Å². The van der Waals surface area contributed by atoms with Crippen LogP contribution in [-0.4, -0.2) is 32.0 Å². The first-order chi connectivity index (χ1) is 7.54. The topological polar surface area (TPSA) is 66.5 Å². The van der Waals surface area contributed by atoms with E-state index in [4.69, 9.17) is 0 Å². The van der Waals surface area contributed by atoms with Crippen molar-refractivity contribution < 1.29 is 0 Å². The van der Waals surface area contributed by atoms with Gasteiger partial charge in [0.05, 0.1) is 6.20 Å². The summed E-state index contributed by atoms with van der Waals surface area (Å²) in [6.45, 7) is 7.35. The zero-order chi connectivity index (χ0) is 11.6. The molecule has 0 spiro atoms. The molecule has 2 rings (SSSR count). The third-order valence-corrected chi connectivity index (χ3v) is 2.23. The van der Waals surface area contributed by atoms with Gasteiger partial charge in [0.15, 0.2) is 5.65 Å². The van der Waals surface area contributed by atoms with Gasteiger partial charge < -0.3 is 10.3 Å². The predicted octanol–water partition coefficient (Wildman–Crippen LogP) is 1.28. The van der Waals surface area contributed by atoms with Crippen LogP contribution in [0.3, 0.4) is 0 Å². The number of aromatic nitrogens is 4. The normalized spacial score (nSPS) is 12.2. The maximum Gasteiger partial charge on any atom is 0.180 e. The van der Waals surface area contributed by atoms with Crippen LogP contribution in [0.5, 0.6) is 0 Å². The molecule has 0 radical (unpaired) electrons. The third kappa shape index (κ3) is 2.76. The van der Waals surface area contributed by atoms with Crippen molar-refractivity contribution in [3.8, 4) is 0 Å². The summed E-state index contributed by atoms with van der Waals surface area (Å²) in [7, 11) is 0. The van der Waals surface area contributed by atoms with E-state index in [1.54, 1.807) is 6.20 Å². The molecule has 0 aliphatic heterocycles. The van der Waals surface area contributed by atoms with E-state index < -0.39 is 0 Å². The Morgan fingerprint density at radius 3 is 2.88 bits per heavy atom. The first-order valence-corrected chi connectivity index (χ1v) is 5.44. The van der Waals surface area contributed by atoms with Crippen molar-refractivity contribution in [2.45, 2.75) is 32.7 Å². The Kier molecular flexibility index (Phi) is 2.87. The number of nitrogens with zero attached hydrogens (tertiary/aromatic N) is 3. The fraction of sp³-hybridized carbons (Fsp3) is 0.545. The van der Waals surface area contributed by atoms with Crippen LogP contribution in [-0.2, 0) is 6.42 Å². The van der Waals surface area contributed by atoms with Crippen molar-refractivity contribution in [1.29, 1.82) is 0 Å². The highest BCUT2D eigenvalue weighted by molar-refractivity contribution is 5.68. The molecule has 2 N–H and O–H groups in total. The third-order valence-electron chi connectivity index (χ3n) is 2.23. The second kappa shape index (κ2) is 4.17. The Hall–Kier alpha value is -1.49. The van der Waals surface area contributed by atoms with Gasteiger partial charge >= 0.3 is 0 Å². The minimum atomic E-state index is 0.145. The summed E-state index contributed by atoms with van der Waals surface area (Å²) in [4.78, 5) is 15.6. The molecule has 0 unspecified atom stereocenters. The maximum atomic E-state index is 4.39. The van der Waals surface area contributed by atoms with Crippen LogP contribution in [0.2, 0.25) is 0 Å². The number of fused-ring (bicyclic) bond motifs is 1. The highest BCUT2D eigenvalue weighted by Gasteiger charge is 2.09. The Balaban J connectivity index is 2.00. The summed E-state index contributed by atoms with van der Waals surface area (Å²) in [5, 5.41) is 3.42. The molecule has 16 heavy (non-hydrogen) atoms. The summed E-state index contributed by atoms with van der Waals surface area (Å²) >= 11 is 0. The fourth-order valence-electron chi connectivity index (χ4n) is 1.49. The monoisotopic (exact) mass is 219 g/mol. The molecule has 0 saturated heterocycles. The van der Waals surface area contributed by atoms with Gasteiger partial charge in [-0.05, 0) is 20.8 Å². The van der Waals surface area contributed by atoms with E-state index in [0.29, 0.717) is 0 Å². The molecule has 2 aromatic heterocycles. The minimum absolute atomic E-state index is 0.145. The highest BCUT2D eigenvalue weighted by Crippen LogP contribution is 2.06. The van der Waals surface area contributed by atoms with Gasteiger partial charge in [-0.3, -0.25) is 0 Å². The van der Waals surface area contributed by atoms with Crippen molar-refractivity contribution in [2.75, 3.05) is 6.54 Å². The van der Waals surface area contributed by atoms with E-state index >= 15 is 0 Å². The van der Waals surface area contributed by atoms with E-state index in [9.17, 15) is 0 Å². The SMILES string of the molecule is CC(C)(C)NCCc1nc2ncncc2[nH]1. The number of H-pyrrole nitrogens is 1. The molecule has 0 aliphatic rings. The van der Waals surface area contributed by atoms with E-state index in [-0.39, 0.29) is 5.54 Å². The molecule has 86 valence electrons. The molecule has 0 aromatic carbocycles. The quantitative estimate of drug-likeness (QED) is 0.816. The lowest BCUT2D eigenvalue weighted by Gasteiger charge is -2.19. The largest absolute Gasteiger partial charge is 0.339 e. The maximum absolute atomic E-state index is 4.39. The van der Waals surface area contributed by atoms with Crippen LogP contribution >= 0.6 is 0 Å². The predicted molar refractivity (Wildman–Crippen MR) is 63.1 cm³/mol. The van der Waals surface area contributed by atoms with Gasteiger partial charge in [-0.25, -0.2) is 15.0 Å². The van der Waals surface area contributed by atoms with E-state index in [1.807, 2.05) is 0 Å².